The third-order valence-electron chi connectivity index (χ3n) is 6.06. The average Bonchev–Trinajstić information content (AvgIpc) is 2.87. The highest BCUT2D eigenvalue weighted by Crippen LogP contribution is 2.44. The Morgan fingerprint density at radius 3 is 1.61 bits per heavy atom. The molecule has 1 amide bonds. The highest BCUT2D eigenvalue weighted by atomic mass is 31.1. The molecule has 0 aliphatic rings. The van der Waals surface area contributed by atoms with Gasteiger partial charge in [-0.3, -0.25) is 0 Å². The van der Waals surface area contributed by atoms with Crippen molar-refractivity contribution in [3.8, 4) is 0 Å². The molecule has 0 saturated heterocycles. The Morgan fingerprint density at radius 2 is 1.14 bits per heavy atom. The van der Waals surface area contributed by atoms with Gasteiger partial charge in [-0.15, -0.1) is 0 Å². The largest absolute Gasteiger partial charge is 0.444 e. The number of nitrogens with one attached hydrogen (secondary N) is 1. The molecule has 0 spiro atoms. The van der Waals surface area contributed by atoms with Gasteiger partial charge in [0.2, 0.25) is 0 Å². The molecule has 0 heterocycles. The maximum absolute atomic E-state index is 13.4. The van der Waals surface area contributed by atoms with Crippen molar-refractivity contribution in [3.05, 3.63) is 132 Å². The van der Waals surface area contributed by atoms with Crippen LogP contribution in [0.25, 0.3) is 0 Å². The van der Waals surface area contributed by atoms with Crippen LogP contribution in [0.3, 0.4) is 0 Å². The quantitative estimate of drug-likeness (QED) is 0.283. The number of hydrogen-bond donors (Lipinski definition) is 1. The Labute approximate surface area is 216 Å². The zero-order valence-corrected chi connectivity index (χ0v) is 22.3. The lowest BCUT2D eigenvalue weighted by Crippen LogP contribution is -2.51. The van der Waals surface area contributed by atoms with Gasteiger partial charge in [0, 0.05) is 6.16 Å². The van der Waals surface area contributed by atoms with Crippen molar-refractivity contribution in [1.82, 2.24) is 5.32 Å². The Bertz CT molecular complexity index is 1210. The van der Waals surface area contributed by atoms with Crippen molar-refractivity contribution in [1.29, 1.82) is 0 Å². The van der Waals surface area contributed by atoms with Gasteiger partial charge in [0.05, 0.1) is 5.54 Å². The summed E-state index contributed by atoms with van der Waals surface area (Å²) >= 11 is 0. The molecule has 0 bridgehead atoms. The van der Waals surface area contributed by atoms with E-state index in [1.54, 1.807) is 0 Å². The molecule has 1 N–H and O–H groups in total. The third kappa shape index (κ3) is 6.22. The second-order valence-corrected chi connectivity index (χ2v) is 12.2. The van der Waals surface area contributed by atoms with Crippen molar-refractivity contribution < 1.29 is 9.53 Å². The number of benzene rings is 4. The number of aryl methyl sites for hydroxylation is 1. The summed E-state index contributed by atoms with van der Waals surface area (Å²) in [5.41, 5.74) is 1.83. The lowest BCUT2D eigenvalue weighted by atomic mass is 9.84. The lowest BCUT2D eigenvalue weighted by Gasteiger charge is -2.39. The van der Waals surface area contributed by atoms with Crippen LogP contribution in [0.1, 0.15) is 37.5 Å². The summed E-state index contributed by atoms with van der Waals surface area (Å²) in [6, 6.07) is 40.0. The van der Waals surface area contributed by atoms with E-state index < -0.39 is 25.2 Å². The average molecular weight is 496 g/mol. The van der Waals surface area contributed by atoms with E-state index in [0.29, 0.717) is 6.16 Å². The predicted molar refractivity (Wildman–Crippen MR) is 152 cm³/mol. The third-order valence-corrected chi connectivity index (χ3v) is 8.69. The first-order chi connectivity index (χ1) is 17.3. The maximum atomic E-state index is 13.4. The highest BCUT2D eigenvalue weighted by molar-refractivity contribution is 7.73. The van der Waals surface area contributed by atoms with Gasteiger partial charge in [0.15, 0.2) is 0 Å². The van der Waals surface area contributed by atoms with Crippen LogP contribution >= 0.6 is 7.92 Å². The van der Waals surface area contributed by atoms with Crippen LogP contribution < -0.4 is 15.9 Å². The van der Waals surface area contributed by atoms with Crippen LogP contribution in [0.15, 0.2) is 115 Å². The van der Waals surface area contributed by atoms with Gasteiger partial charge in [-0.1, -0.05) is 121 Å². The van der Waals surface area contributed by atoms with E-state index >= 15 is 0 Å². The number of ether oxygens (including phenoxy) is 1. The van der Waals surface area contributed by atoms with Crippen LogP contribution in [0, 0.1) is 6.92 Å². The molecule has 184 valence electrons. The summed E-state index contributed by atoms with van der Waals surface area (Å²) in [5, 5.41) is 5.89. The predicted octanol–water partition coefficient (Wildman–Crippen LogP) is 6.90. The summed E-state index contributed by atoms with van der Waals surface area (Å²) in [5.74, 6) is 0. The van der Waals surface area contributed by atoms with Crippen LogP contribution in [0.2, 0.25) is 0 Å². The molecule has 0 aliphatic heterocycles. The van der Waals surface area contributed by atoms with Crippen LogP contribution in [-0.2, 0) is 10.3 Å². The molecule has 0 saturated carbocycles. The minimum atomic E-state index is -0.828. The van der Waals surface area contributed by atoms with Crippen LogP contribution in [0.4, 0.5) is 4.79 Å². The highest BCUT2D eigenvalue weighted by Gasteiger charge is 2.40. The molecular formula is C32H34NO2P. The molecule has 0 aliphatic carbocycles. The Morgan fingerprint density at radius 1 is 0.694 bits per heavy atom. The van der Waals surface area contributed by atoms with E-state index in [9.17, 15) is 4.79 Å². The van der Waals surface area contributed by atoms with Gasteiger partial charge in [-0.25, -0.2) is 4.79 Å². The first-order valence-electron chi connectivity index (χ1n) is 12.3. The van der Waals surface area contributed by atoms with E-state index in [1.807, 2.05) is 51.1 Å². The molecule has 4 heteroatoms. The van der Waals surface area contributed by atoms with Crippen LogP contribution in [-0.4, -0.2) is 17.9 Å². The molecule has 36 heavy (non-hydrogen) atoms. The van der Waals surface area contributed by atoms with Gasteiger partial charge in [-0.2, -0.15) is 0 Å². The normalized spacial score (nSPS) is 13.1. The van der Waals surface area contributed by atoms with E-state index in [2.05, 4.69) is 97.2 Å². The second-order valence-electron chi connectivity index (χ2n) is 10.0. The second kappa shape index (κ2) is 11.1. The van der Waals surface area contributed by atoms with Crippen molar-refractivity contribution in [3.63, 3.8) is 0 Å². The zero-order chi connectivity index (χ0) is 25.6. The van der Waals surface area contributed by atoms with Gasteiger partial charge >= 0.3 is 6.09 Å². The molecule has 1 atom stereocenters. The molecular weight excluding hydrogens is 461 g/mol. The Kier molecular flexibility index (Phi) is 7.91. The summed E-state index contributed by atoms with van der Waals surface area (Å²) in [7, 11) is -0.828. The van der Waals surface area contributed by atoms with E-state index in [-0.39, 0.29) is 0 Å². The molecule has 4 aromatic carbocycles. The molecule has 0 radical (unpaired) electrons. The van der Waals surface area contributed by atoms with Crippen molar-refractivity contribution in [2.45, 2.75) is 38.8 Å². The SMILES string of the molecule is Cc1ccc(C(CP(c2ccccc2)c2ccccc2)(NC(=O)OC(C)(C)C)c2ccccc2)cc1. The number of carbonyl (C=O) groups excluding carboxylic acids is 1. The fourth-order valence-electron chi connectivity index (χ4n) is 4.36. The summed E-state index contributed by atoms with van der Waals surface area (Å²) in [6.45, 7) is 7.76. The monoisotopic (exact) mass is 495 g/mol. The first kappa shape index (κ1) is 25.7. The first-order valence-corrected chi connectivity index (χ1v) is 13.8. The molecule has 4 aromatic rings. The molecule has 4 rings (SSSR count). The van der Waals surface area contributed by atoms with Crippen molar-refractivity contribution >= 4 is 24.6 Å². The minimum absolute atomic E-state index is 0.428. The van der Waals surface area contributed by atoms with E-state index in [1.165, 1.54) is 16.2 Å². The molecule has 1 unspecified atom stereocenters. The lowest BCUT2D eigenvalue weighted by molar-refractivity contribution is 0.0481. The number of alkyl carbamates (subject to hydrolysis) is 1. The molecule has 0 aromatic heterocycles. The summed E-state index contributed by atoms with van der Waals surface area (Å²) in [6.07, 6.45) is 0.255. The van der Waals surface area contributed by atoms with Crippen molar-refractivity contribution in [2.75, 3.05) is 6.16 Å². The number of rotatable bonds is 7. The number of amides is 1. The molecule has 0 fully saturated rings. The summed E-state index contributed by atoms with van der Waals surface area (Å²) in [4.78, 5) is 13.4. The number of carbonyl (C=O) groups is 1. The molecule has 3 nitrogen and oxygen atoms in total. The number of hydrogen-bond acceptors (Lipinski definition) is 2. The Balaban J connectivity index is 1.92. The van der Waals surface area contributed by atoms with Gasteiger partial charge in [-0.05, 0) is 57.4 Å². The summed E-state index contributed by atoms with van der Waals surface area (Å²) < 4.78 is 5.81. The topological polar surface area (TPSA) is 38.3 Å². The smallest absolute Gasteiger partial charge is 0.408 e. The van der Waals surface area contributed by atoms with Gasteiger partial charge in [0.1, 0.15) is 5.60 Å². The minimum Gasteiger partial charge on any atom is -0.444 e. The van der Waals surface area contributed by atoms with E-state index in [4.69, 9.17) is 4.74 Å². The zero-order valence-electron chi connectivity index (χ0n) is 21.4. The van der Waals surface area contributed by atoms with Crippen LogP contribution in [0.5, 0.6) is 0 Å². The van der Waals surface area contributed by atoms with E-state index in [0.717, 1.165) is 11.1 Å². The van der Waals surface area contributed by atoms with Gasteiger partial charge in [0.25, 0.3) is 0 Å². The fourth-order valence-corrected chi connectivity index (χ4v) is 7.00. The Hall–Kier alpha value is -3.42. The van der Waals surface area contributed by atoms with Gasteiger partial charge < -0.3 is 10.1 Å². The standard InChI is InChI=1S/C32H34NO2P/c1-25-20-22-27(23-21-25)32(26-14-8-5-9-15-26,33-30(34)35-31(2,3)4)24-36(28-16-10-6-11-17-28)29-18-12-7-13-19-29/h5-23H,24H2,1-4H3,(H,33,34). The van der Waals surface area contributed by atoms with Crippen molar-refractivity contribution in [2.24, 2.45) is 0 Å². The maximum Gasteiger partial charge on any atom is 0.408 e. The fraction of sp³-hybridized carbons (Fsp3) is 0.219.